The molecule has 0 aromatic heterocycles. The van der Waals surface area contributed by atoms with E-state index >= 15 is 0 Å². The van der Waals surface area contributed by atoms with Gasteiger partial charge in [-0.25, -0.2) is 4.39 Å². The van der Waals surface area contributed by atoms with Crippen molar-refractivity contribution in [3.63, 3.8) is 0 Å². The summed E-state index contributed by atoms with van der Waals surface area (Å²) in [5, 5.41) is 2.82. The number of anilines is 1. The predicted molar refractivity (Wildman–Crippen MR) is 123 cm³/mol. The Labute approximate surface area is 191 Å². The predicted octanol–water partition coefficient (Wildman–Crippen LogP) is 4.20. The highest BCUT2D eigenvalue weighted by atomic mass is 19.1. The van der Waals surface area contributed by atoms with E-state index in [1.54, 1.807) is 48.2 Å². The number of hydrogen-bond donors (Lipinski definition) is 1. The second-order valence-corrected chi connectivity index (χ2v) is 7.87. The maximum absolute atomic E-state index is 13.2. The maximum Gasteiger partial charge on any atom is 0.263 e. The van der Waals surface area contributed by atoms with Crippen LogP contribution in [0, 0.1) is 5.82 Å². The number of rotatable bonds is 7. The first-order valence-corrected chi connectivity index (χ1v) is 10.8. The van der Waals surface area contributed by atoms with Crippen molar-refractivity contribution in [1.29, 1.82) is 0 Å². The van der Waals surface area contributed by atoms with Gasteiger partial charge < -0.3 is 19.7 Å². The molecule has 0 saturated heterocycles. The second kappa shape index (κ2) is 10.2. The zero-order valence-electron chi connectivity index (χ0n) is 18.3. The van der Waals surface area contributed by atoms with Crippen LogP contribution in [-0.4, -0.2) is 36.0 Å². The van der Waals surface area contributed by atoms with Crippen LogP contribution < -0.4 is 14.8 Å². The van der Waals surface area contributed by atoms with Crippen molar-refractivity contribution >= 4 is 17.5 Å². The lowest BCUT2D eigenvalue weighted by molar-refractivity contribution is -0.137. The van der Waals surface area contributed by atoms with Gasteiger partial charge in [0.15, 0.2) is 12.7 Å². The summed E-state index contributed by atoms with van der Waals surface area (Å²) in [6.07, 6.45) is -0.0272. The molecule has 1 unspecified atom stereocenters. The maximum atomic E-state index is 13.2. The summed E-state index contributed by atoms with van der Waals surface area (Å²) in [6, 6.07) is 20.7. The van der Waals surface area contributed by atoms with Crippen LogP contribution >= 0.6 is 0 Å². The number of amides is 2. The molecule has 33 heavy (non-hydrogen) atoms. The summed E-state index contributed by atoms with van der Waals surface area (Å²) in [5.74, 6) is 0.538. The fraction of sp³-hybridized carbons (Fsp3) is 0.231. The van der Waals surface area contributed by atoms with E-state index in [-0.39, 0.29) is 24.2 Å². The molecule has 6 nitrogen and oxygen atoms in total. The molecule has 0 saturated carbocycles. The fourth-order valence-corrected chi connectivity index (χ4v) is 3.64. The summed E-state index contributed by atoms with van der Waals surface area (Å²) in [7, 11) is 0. The first-order valence-electron chi connectivity index (χ1n) is 10.8. The Hall–Kier alpha value is -3.87. The van der Waals surface area contributed by atoms with Gasteiger partial charge in [-0.2, -0.15) is 0 Å². The van der Waals surface area contributed by atoms with Crippen LogP contribution in [0.3, 0.4) is 0 Å². The molecule has 1 aliphatic rings. The first kappa shape index (κ1) is 22.3. The topological polar surface area (TPSA) is 67.9 Å². The number of hydrogen-bond acceptors (Lipinski definition) is 4. The molecule has 170 valence electrons. The highest BCUT2D eigenvalue weighted by Gasteiger charge is 2.27. The third-order valence-electron chi connectivity index (χ3n) is 5.37. The van der Waals surface area contributed by atoms with Gasteiger partial charge in [-0.05, 0) is 61.4 Å². The van der Waals surface area contributed by atoms with Gasteiger partial charge in [-0.15, -0.1) is 0 Å². The van der Waals surface area contributed by atoms with E-state index in [4.69, 9.17) is 9.47 Å². The van der Waals surface area contributed by atoms with Crippen LogP contribution in [0.5, 0.6) is 11.5 Å². The minimum absolute atomic E-state index is 0.114. The van der Waals surface area contributed by atoms with Crippen LogP contribution in [-0.2, 0) is 22.6 Å². The first-order chi connectivity index (χ1) is 16.0. The Morgan fingerprint density at radius 2 is 1.88 bits per heavy atom. The van der Waals surface area contributed by atoms with E-state index in [2.05, 4.69) is 5.32 Å². The van der Waals surface area contributed by atoms with Crippen molar-refractivity contribution in [2.24, 2.45) is 0 Å². The van der Waals surface area contributed by atoms with E-state index in [0.717, 1.165) is 11.1 Å². The molecule has 0 spiro atoms. The molecule has 0 aliphatic carbocycles. The third-order valence-corrected chi connectivity index (χ3v) is 5.37. The van der Waals surface area contributed by atoms with Crippen molar-refractivity contribution in [1.82, 2.24) is 4.90 Å². The number of fused-ring (bicyclic) bond motifs is 1. The molecule has 4 rings (SSSR count). The fourth-order valence-electron chi connectivity index (χ4n) is 3.64. The van der Waals surface area contributed by atoms with Gasteiger partial charge in [0.1, 0.15) is 17.3 Å². The van der Waals surface area contributed by atoms with Crippen molar-refractivity contribution in [3.8, 4) is 11.5 Å². The summed E-state index contributed by atoms with van der Waals surface area (Å²) in [4.78, 5) is 26.9. The third kappa shape index (κ3) is 5.88. The Bertz CT molecular complexity index is 1120. The second-order valence-electron chi connectivity index (χ2n) is 7.87. The summed E-state index contributed by atoms with van der Waals surface area (Å²) >= 11 is 0. The molecule has 3 aromatic carbocycles. The number of carbonyl (C=O) groups is 2. The van der Waals surface area contributed by atoms with E-state index in [1.165, 1.54) is 12.1 Å². The summed E-state index contributed by atoms with van der Waals surface area (Å²) < 4.78 is 24.5. The van der Waals surface area contributed by atoms with Gasteiger partial charge in [0.2, 0.25) is 0 Å². The van der Waals surface area contributed by atoms with Gasteiger partial charge >= 0.3 is 0 Å². The Kier molecular flexibility index (Phi) is 6.88. The van der Waals surface area contributed by atoms with Crippen LogP contribution in [0.25, 0.3) is 0 Å². The van der Waals surface area contributed by atoms with Crippen molar-refractivity contribution < 1.29 is 23.5 Å². The molecule has 2 amide bonds. The molecule has 0 radical (unpaired) electrons. The van der Waals surface area contributed by atoms with E-state index in [0.29, 0.717) is 36.7 Å². The lowest BCUT2D eigenvalue weighted by Gasteiger charge is -2.22. The molecular weight excluding hydrogens is 423 g/mol. The molecule has 0 bridgehead atoms. The van der Waals surface area contributed by atoms with E-state index in [1.807, 2.05) is 24.3 Å². The van der Waals surface area contributed by atoms with E-state index < -0.39 is 6.10 Å². The smallest absolute Gasteiger partial charge is 0.263 e. The number of benzene rings is 3. The minimum Gasteiger partial charge on any atom is -0.484 e. The number of para-hydroxylation sites is 1. The zero-order chi connectivity index (χ0) is 23.2. The number of nitrogens with zero attached hydrogens (tertiary/aromatic N) is 1. The van der Waals surface area contributed by atoms with Crippen molar-refractivity contribution in [2.45, 2.75) is 26.0 Å². The van der Waals surface area contributed by atoms with Gasteiger partial charge in [-0.1, -0.05) is 30.3 Å². The van der Waals surface area contributed by atoms with Crippen LogP contribution in [0.1, 0.15) is 18.1 Å². The highest BCUT2D eigenvalue weighted by molar-refractivity contribution is 5.92. The highest BCUT2D eigenvalue weighted by Crippen LogP contribution is 2.29. The van der Waals surface area contributed by atoms with Crippen molar-refractivity contribution in [2.75, 3.05) is 18.5 Å². The Morgan fingerprint density at radius 3 is 2.64 bits per heavy atom. The number of carbonyl (C=O) groups excluding carboxylic acids is 2. The number of ether oxygens (including phenoxy) is 2. The zero-order valence-corrected chi connectivity index (χ0v) is 18.3. The number of nitrogens with one attached hydrogen (secondary N) is 1. The van der Waals surface area contributed by atoms with Gasteiger partial charge in [-0.3, -0.25) is 9.59 Å². The molecule has 0 fully saturated rings. The van der Waals surface area contributed by atoms with Gasteiger partial charge in [0.05, 0.1) is 0 Å². The standard InChI is InChI=1S/C26H25FN2O4/c1-18-26(31)29(14-13-19-7-9-21(27)10-8-19)16-20-15-22(11-12-24(20)33-18)28-25(30)17-32-23-5-3-2-4-6-23/h2-12,15,18H,13-14,16-17H2,1H3,(H,28,30). The largest absolute Gasteiger partial charge is 0.484 e. The minimum atomic E-state index is -0.626. The lowest BCUT2D eigenvalue weighted by Crippen LogP contribution is -2.39. The average Bonchev–Trinajstić information content (AvgIpc) is 2.94. The molecule has 7 heteroatoms. The Balaban J connectivity index is 1.41. The molecular formula is C26H25FN2O4. The van der Waals surface area contributed by atoms with Crippen LogP contribution in [0.2, 0.25) is 0 Å². The quantitative estimate of drug-likeness (QED) is 0.589. The molecule has 1 heterocycles. The summed E-state index contributed by atoms with van der Waals surface area (Å²) in [5.41, 5.74) is 2.34. The SMILES string of the molecule is CC1Oc2ccc(NC(=O)COc3ccccc3)cc2CN(CCc2ccc(F)cc2)C1=O. The number of halogens is 1. The van der Waals surface area contributed by atoms with Gasteiger partial charge in [0.25, 0.3) is 11.8 Å². The molecule has 1 atom stereocenters. The van der Waals surface area contributed by atoms with Gasteiger partial charge in [0, 0.05) is 24.3 Å². The molecule has 1 N–H and O–H groups in total. The average molecular weight is 448 g/mol. The van der Waals surface area contributed by atoms with Crippen molar-refractivity contribution in [3.05, 3.63) is 89.7 Å². The Morgan fingerprint density at radius 1 is 1.12 bits per heavy atom. The molecule has 1 aliphatic heterocycles. The summed E-state index contributed by atoms with van der Waals surface area (Å²) in [6.45, 7) is 2.43. The van der Waals surface area contributed by atoms with Crippen LogP contribution in [0.15, 0.2) is 72.8 Å². The molecule has 3 aromatic rings. The lowest BCUT2D eigenvalue weighted by atomic mass is 10.1. The normalized spacial score (nSPS) is 15.3. The monoisotopic (exact) mass is 448 g/mol. The van der Waals surface area contributed by atoms with Crippen LogP contribution in [0.4, 0.5) is 10.1 Å². The van der Waals surface area contributed by atoms with E-state index in [9.17, 15) is 14.0 Å².